The predicted molar refractivity (Wildman–Crippen MR) is 72.0 cm³/mol. The molecular weight excluding hydrogens is 210 g/mol. The Morgan fingerprint density at radius 1 is 1.18 bits per heavy atom. The predicted octanol–water partition coefficient (Wildman–Crippen LogP) is 4.09. The number of hydrogen-bond donors (Lipinski definition) is 1. The van der Waals surface area contributed by atoms with Crippen LogP contribution in [0.3, 0.4) is 0 Å². The van der Waals surface area contributed by atoms with Gasteiger partial charge in [0, 0.05) is 6.20 Å². The molecule has 0 bridgehead atoms. The number of pyridine rings is 1. The van der Waals surface area contributed by atoms with Gasteiger partial charge in [-0.25, -0.2) is 0 Å². The van der Waals surface area contributed by atoms with Gasteiger partial charge in [-0.2, -0.15) is 0 Å². The molecular formula is C15H25NO. The van der Waals surface area contributed by atoms with Gasteiger partial charge in [0.15, 0.2) is 0 Å². The molecule has 0 spiro atoms. The number of aliphatic hydroxyl groups excluding tert-OH is 1. The average molecular weight is 235 g/mol. The van der Waals surface area contributed by atoms with E-state index in [0.717, 1.165) is 29.7 Å². The maximum absolute atomic E-state index is 10.1. The molecule has 0 saturated carbocycles. The summed E-state index contributed by atoms with van der Waals surface area (Å²) in [7, 11) is 0. The Kier molecular flexibility index (Phi) is 6.20. The first-order valence-electron chi connectivity index (χ1n) is 6.76. The van der Waals surface area contributed by atoms with E-state index in [0.29, 0.717) is 0 Å². The van der Waals surface area contributed by atoms with Gasteiger partial charge in [0.25, 0.3) is 0 Å². The molecule has 2 heteroatoms. The summed E-state index contributed by atoms with van der Waals surface area (Å²) >= 11 is 0. The first-order chi connectivity index (χ1) is 8.15. The molecule has 1 rings (SSSR count). The summed E-state index contributed by atoms with van der Waals surface area (Å²) in [5.74, 6) is 0. The molecule has 17 heavy (non-hydrogen) atoms. The molecule has 0 aromatic carbocycles. The van der Waals surface area contributed by atoms with Crippen LogP contribution in [-0.4, -0.2) is 10.1 Å². The molecule has 0 aliphatic rings. The summed E-state index contributed by atoms with van der Waals surface area (Å²) in [5, 5.41) is 10.1. The summed E-state index contributed by atoms with van der Waals surface area (Å²) in [6, 6.07) is 2.09. The van der Waals surface area contributed by atoms with Crippen LogP contribution in [0.4, 0.5) is 0 Å². The molecule has 1 unspecified atom stereocenters. The summed E-state index contributed by atoms with van der Waals surface area (Å²) in [6.07, 6.45) is 8.44. The third-order valence-electron chi connectivity index (χ3n) is 3.15. The Hall–Kier alpha value is -0.890. The fourth-order valence-corrected chi connectivity index (χ4v) is 2.15. The van der Waals surface area contributed by atoms with Crippen LogP contribution in [0.1, 0.15) is 68.4 Å². The minimum atomic E-state index is -0.391. The lowest BCUT2D eigenvalue weighted by molar-refractivity contribution is 0.158. The summed E-state index contributed by atoms with van der Waals surface area (Å²) in [6.45, 7) is 6.27. The highest BCUT2D eigenvalue weighted by Gasteiger charge is 2.11. The molecule has 1 heterocycles. The number of aryl methyl sites for hydroxylation is 2. The van der Waals surface area contributed by atoms with Crippen LogP contribution in [0.25, 0.3) is 0 Å². The molecule has 0 radical (unpaired) electrons. The third kappa shape index (κ3) is 4.86. The molecule has 0 amide bonds. The first-order valence-corrected chi connectivity index (χ1v) is 6.76. The van der Waals surface area contributed by atoms with Crippen LogP contribution in [0.15, 0.2) is 12.3 Å². The highest BCUT2D eigenvalue weighted by atomic mass is 16.3. The van der Waals surface area contributed by atoms with Crippen LogP contribution in [0.5, 0.6) is 0 Å². The van der Waals surface area contributed by atoms with Crippen molar-refractivity contribution in [3.05, 3.63) is 29.1 Å². The van der Waals surface area contributed by atoms with Gasteiger partial charge in [0.2, 0.25) is 0 Å². The fraction of sp³-hybridized carbons (Fsp3) is 0.667. The van der Waals surface area contributed by atoms with Crippen LogP contribution >= 0.6 is 0 Å². The van der Waals surface area contributed by atoms with Crippen molar-refractivity contribution in [3.63, 3.8) is 0 Å². The van der Waals surface area contributed by atoms with E-state index in [1.165, 1.54) is 25.7 Å². The average Bonchev–Trinajstić information content (AvgIpc) is 2.28. The normalized spacial score (nSPS) is 12.7. The molecule has 0 aliphatic heterocycles. The summed E-state index contributed by atoms with van der Waals surface area (Å²) in [4.78, 5) is 4.34. The van der Waals surface area contributed by atoms with E-state index in [1.807, 2.05) is 20.0 Å². The van der Waals surface area contributed by atoms with Crippen molar-refractivity contribution in [1.82, 2.24) is 4.98 Å². The van der Waals surface area contributed by atoms with Crippen molar-refractivity contribution >= 4 is 0 Å². The molecule has 1 N–H and O–H groups in total. The molecule has 0 fully saturated rings. The molecule has 0 saturated heterocycles. The van der Waals surface area contributed by atoms with Gasteiger partial charge < -0.3 is 5.11 Å². The highest BCUT2D eigenvalue weighted by Crippen LogP contribution is 2.21. The Morgan fingerprint density at radius 3 is 2.53 bits per heavy atom. The second-order valence-electron chi connectivity index (χ2n) is 4.93. The van der Waals surface area contributed by atoms with Gasteiger partial charge in [0.05, 0.1) is 11.8 Å². The summed E-state index contributed by atoms with van der Waals surface area (Å²) < 4.78 is 0. The van der Waals surface area contributed by atoms with Crippen molar-refractivity contribution in [2.24, 2.45) is 0 Å². The molecule has 0 aliphatic carbocycles. The zero-order valence-electron chi connectivity index (χ0n) is 11.4. The Bertz CT molecular complexity index is 336. The largest absolute Gasteiger partial charge is 0.387 e. The van der Waals surface area contributed by atoms with E-state index in [1.54, 1.807) is 0 Å². The smallest absolute Gasteiger partial charge is 0.0962 e. The fourth-order valence-electron chi connectivity index (χ4n) is 2.15. The van der Waals surface area contributed by atoms with Crippen LogP contribution in [0.2, 0.25) is 0 Å². The molecule has 2 nitrogen and oxygen atoms in total. The first kappa shape index (κ1) is 14.2. The standard InChI is InChI=1S/C15H25NO/c1-4-5-6-7-8-9-14(17)15-13(3)10-12(2)11-16-15/h10-11,14,17H,4-9H2,1-3H3. The van der Waals surface area contributed by atoms with E-state index in [2.05, 4.69) is 18.0 Å². The van der Waals surface area contributed by atoms with Gasteiger partial charge in [-0.15, -0.1) is 0 Å². The number of hydrogen-bond acceptors (Lipinski definition) is 2. The quantitative estimate of drug-likeness (QED) is 0.722. The molecule has 1 atom stereocenters. The molecule has 1 aromatic rings. The number of aliphatic hydroxyl groups is 1. The lowest BCUT2D eigenvalue weighted by atomic mass is 10.0. The Labute approximate surface area is 105 Å². The Morgan fingerprint density at radius 2 is 1.88 bits per heavy atom. The zero-order chi connectivity index (χ0) is 12.7. The number of rotatable bonds is 7. The highest BCUT2D eigenvalue weighted by molar-refractivity contribution is 5.24. The van der Waals surface area contributed by atoms with Crippen LogP contribution in [-0.2, 0) is 0 Å². The van der Waals surface area contributed by atoms with Gasteiger partial charge in [0.1, 0.15) is 0 Å². The second kappa shape index (κ2) is 7.44. The van der Waals surface area contributed by atoms with Gasteiger partial charge >= 0.3 is 0 Å². The zero-order valence-corrected chi connectivity index (χ0v) is 11.4. The second-order valence-corrected chi connectivity index (χ2v) is 4.93. The van der Waals surface area contributed by atoms with Crippen LogP contribution < -0.4 is 0 Å². The lowest BCUT2D eigenvalue weighted by Gasteiger charge is -2.12. The van der Waals surface area contributed by atoms with E-state index in [9.17, 15) is 5.11 Å². The number of nitrogens with zero attached hydrogens (tertiary/aromatic N) is 1. The number of unbranched alkanes of at least 4 members (excludes halogenated alkanes) is 4. The molecule has 96 valence electrons. The minimum Gasteiger partial charge on any atom is -0.387 e. The van der Waals surface area contributed by atoms with E-state index < -0.39 is 6.10 Å². The van der Waals surface area contributed by atoms with Crippen molar-refractivity contribution in [3.8, 4) is 0 Å². The van der Waals surface area contributed by atoms with Crippen molar-refractivity contribution < 1.29 is 5.11 Å². The van der Waals surface area contributed by atoms with Crippen LogP contribution in [0, 0.1) is 13.8 Å². The van der Waals surface area contributed by atoms with Crippen molar-refractivity contribution in [1.29, 1.82) is 0 Å². The van der Waals surface area contributed by atoms with Crippen molar-refractivity contribution in [2.45, 2.75) is 65.4 Å². The number of aromatic nitrogens is 1. The molecule has 1 aromatic heterocycles. The van der Waals surface area contributed by atoms with E-state index >= 15 is 0 Å². The van der Waals surface area contributed by atoms with Gasteiger partial charge in [-0.05, 0) is 31.4 Å². The van der Waals surface area contributed by atoms with E-state index in [4.69, 9.17) is 0 Å². The van der Waals surface area contributed by atoms with E-state index in [-0.39, 0.29) is 0 Å². The maximum atomic E-state index is 10.1. The third-order valence-corrected chi connectivity index (χ3v) is 3.15. The van der Waals surface area contributed by atoms with Gasteiger partial charge in [-0.3, -0.25) is 4.98 Å². The minimum absolute atomic E-state index is 0.391. The maximum Gasteiger partial charge on any atom is 0.0962 e. The topological polar surface area (TPSA) is 33.1 Å². The SMILES string of the molecule is CCCCCCCC(O)c1ncc(C)cc1C. The summed E-state index contributed by atoms with van der Waals surface area (Å²) in [5.41, 5.74) is 3.11. The Balaban J connectivity index is 2.38. The van der Waals surface area contributed by atoms with Crippen molar-refractivity contribution in [2.75, 3.05) is 0 Å². The van der Waals surface area contributed by atoms with Gasteiger partial charge in [-0.1, -0.05) is 45.1 Å². The lowest BCUT2D eigenvalue weighted by Crippen LogP contribution is -2.03. The monoisotopic (exact) mass is 235 g/mol.